The third kappa shape index (κ3) is 36.1. The Labute approximate surface area is 296 Å². The summed E-state index contributed by atoms with van der Waals surface area (Å²) in [5, 5.41) is 0. The van der Waals surface area contributed by atoms with E-state index in [4.69, 9.17) is 24.3 Å². The highest BCUT2D eigenvalue weighted by molar-refractivity contribution is 7.47. The number of ether oxygens (including phenoxy) is 2. The van der Waals surface area contributed by atoms with Crippen LogP contribution in [0.1, 0.15) is 187 Å². The Morgan fingerprint density at radius 3 is 1.56 bits per heavy atom. The fraction of sp³-hybridized carbons (Fsp3) is 0.872. The van der Waals surface area contributed by atoms with Gasteiger partial charge in [-0.05, 0) is 51.0 Å². The molecule has 48 heavy (non-hydrogen) atoms. The van der Waals surface area contributed by atoms with E-state index in [-0.39, 0.29) is 32.3 Å². The van der Waals surface area contributed by atoms with Crippen LogP contribution in [0.15, 0.2) is 24.5 Å². The first-order valence-electron chi connectivity index (χ1n) is 19.9. The highest BCUT2D eigenvalue weighted by Gasteiger charge is 2.24. The number of rotatable bonds is 38. The van der Waals surface area contributed by atoms with E-state index in [1.807, 2.05) is 6.08 Å². The fourth-order valence-corrected chi connectivity index (χ4v) is 6.21. The number of nitrogens with two attached hydrogens (primary N) is 1. The standard InChI is InChI=1S/C39H76NO7P/c1-3-5-7-9-11-13-15-17-19-20-22-24-26-28-30-32-39(41)45-36-38(37-47-48(42,43)46-35-33-40)44-34-31-29-27-25-23-21-18-16-14-12-10-8-6-4-2/h13,15,31,34,38H,3-12,14,16-30,32-33,35-37,40H2,1-2H3,(H,42,43)/b15-13-,34-31-/t38-/m1/s1. The van der Waals surface area contributed by atoms with Crippen molar-refractivity contribution in [2.45, 2.75) is 193 Å². The monoisotopic (exact) mass is 702 g/mol. The molecule has 0 aromatic carbocycles. The molecular formula is C39H76NO7P. The fourth-order valence-electron chi connectivity index (χ4n) is 5.45. The van der Waals surface area contributed by atoms with Gasteiger partial charge in [-0.25, -0.2) is 4.57 Å². The minimum atomic E-state index is -4.26. The quantitative estimate of drug-likeness (QED) is 0.0215. The number of hydrogen-bond acceptors (Lipinski definition) is 7. The van der Waals surface area contributed by atoms with E-state index in [0.29, 0.717) is 6.42 Å². The third-order valence-electron chi connectivity index (χ3n) is 8.46. The second kappa shape index (κ2) is 37.1. The molecule has 2 atom stereocenters. The van der Waals surface area contributed by atoms with Crippen molar-refractivity contribution < 1.29 is 32.8 Å². The van der Waals surface area contributed by atoms with E-state index in [0.717, 1.165) is 32.1 Å². The number of unbranched alkanes of at least 4 members (excludes halogenated alkanes) is 23. The molecule has 0 saturated carbocycles. The van der Waals surface area contributed by atoms with Gasteiger partial charge in [0.1, 0.15) is 6.61 Å². The van der Waals surface area contributed by atoms with E-state index in [2.05, 4.69) is 26.0 Å². The Bertz CT molecular complexity index is 792. The highest BCUT2D eigenvalue weighted by atomic mass is 31.2. The summed E-state index contributed by atoms with van der Waals surface area (Å²) < 4.78 is 33.1. The average molecular weight is 702 g/mol. The Morgan fingerprint density at radius 2 is 1.06 bits per heavy atom. The van der Waals surface area contributed by atoms with Crippen LogP contribution in [0.5, 0.6) is 0 Å². The second-order valence-electron chi connectivity index (χ2n) is 13.2. The van der Waals surface area contributed by atoms with Crippen molar-refractivity contribution in [1.29, 1.82) is 0 Å². The van der Waals surface area contributed by atoms with Gasteiger partial charge >= 0.3 is 13.8 Å². The largest absolute Gasteiger partial charge is 0.492 e. The van der Waals surface area contributed by atoms with Crippen LogP contribution in [0.2, 0.25) is 0 Å². The molecule has 3 N–H and O–H groups in total. The van der Waals surface area contributed by atoms with Crippen molar-refractivity contribution in [3.8, 4) is 0 Å². The smallest absolute Gasteiger partial charge is 0.472 e. The predicted molar refractivity (Wildman–Crippen MR) is 201 cm³/mol. The van der Waals surface area contributed by atoms with Gasteiger partial charge in [-0.2, -0.15) is 0 Å². The summed E-state index contributed by atoms with van der Waals surface area (Å²) >= 11 is 0. The number of hydrogen-bond donors (Lipinski definition) is 2. The molecule has 1 unspecified atom stereocenters. The Morgan fingerprint density at radius 1 is 0.625 bits per heavy atom. The maximum Gasteiger partial charge on any atom is 0.472 e. The summed E-state index contributed by atoms with van der Waals surface area (Å²) in [6.07, 6.45) is 40.0. The van der Waals surface area contributed by atoms with Gasteiger partial charge in [0, 0.05) is 13.0 Å². The predicted octanol–water partition coefficient (Wildman–Crippen LogP) is 11.6. The van der Waals surface area contributed by atoms with Crippen LogP contribution in [0.3, 0.4) is 0 Å². The number of allylic oxidation sites excluding steroid dienone is 3. The van der Waals surface area contributed by atoms with Crippen LogP contribution in [-0.4, -0.2) is 43.3 Å². The molecule has 284 valence electrons. The Balaban J connectivity index is 4.11. The van der Waals surface area contributed by atoms with Crippen LogP contribution in [0, 0.1) is 0 Å². The van der Waals surface area contributed by atoms with Gasteiger partial charge in [0.15, 0.2) is 6.10 Å². The SMILES string of the molecule is CCCCCC/C=C\CCCCCCCCCC(=O)OC[C@H](COP(=O)(O)OCCN)O/C=C\CCCCCCCCCCCCCC. The number of esters is 1. The Kier molecular flexibility index (Phi) is 36.2. The molecule has 0 bridgehead atoms. The molecule has 0 aliphatic carbocycles. The zero-order valence-corrected chi connectivity index (χ0v) is 32.1. The summed E-state index contributed by atoms with van der Waals surface area (Å²) in [6.45, 7) is 4.20. The summed E-state index contributed by atoms with van der Waals surface area (Å²) in [6, 6.07) is 0. The van der Waals surface area contributed by atoms with Gasteiger partial charge in [0.05, 0.1) is 19.5 Å². The lowest BCUT2D eigenvalue weighted by molar-refractivity contribution is -0.147. The molecule has 8 nitrogen and oxygen atoms in total. The first-order chi connectivity index (χ1) is 23.4. The van der Waals surface area contributed by atoms with Gasteiger partial charge in [-0.3, -0.25) is 13.8 Å². The molecule has 0 rings (SSSR count). The molecule has 0 aromatic heterocycles. The van der Waals surface area contributed by atoms with Crippen LogP contribution in [-0.2, 0) is 27.9 Å². The van der Waals surface area contributed by atoms with Crippen molar-refractivity contribution >= 4 is 13.8 Å². The topological polar surface area (TPSA) is 117 Å². The molecule has 9 heteroatoms. The summed E-state index contributed by atoms with van der Waals surface area (Å²) in [5.41, 5.74) is 5.35. The van der Waals surface area contributed by atoms with Crippen LogP contribution in [0.4, 0.5) is 0 Å². The van der Waals surface area contributed by atoms with Crippen molar-refractivity contribution in [3.63, 3.8) is 0 Å². The molecule has 0 aromatic rings. The first-order valence-corrected chi connectivity index (χ1v) is 21.4. The van der Waals surface area contributed by atoms with Gasteiger partial charge in [0.25, 0.3) is 0 Å². The normalized spacial score (nSPS) is 13.8. The lowest BCUT2D eigenvalue weighted by Crippen LogP contribution is -2.25. The van der Waals surface area contributed by atoms with E-state index < -0.39 is 13.9 Å². The number of carbonyl (C=O) groups excluding carboxylic acids is 1. The lowest BCUT2D eigenvalue weighted by Gasteiger charge is -2.19. The van der Waals surface area contributed by atoms with E-state index in [9.17, 15) is 14.3 Å². The van der Waals surface area contributed by atoms with Crippen molar-refractivity contribution in [2.75, 3.05) is 26.4 Å². The van der Waals surface area contributed by atoms with Gasteiger partial charge < -0.3 is 20.1 Å². The summed E-state index contributed by atoms with van der Waals surface area (Å²) in [5.74, 6) is -0.294. The van der Waals surface area contributed by atoms with Crippen molar-refractivity contribution in [3.05, 3.63) is 24.5 Å². The molecular weight excluding hydrogens is 625 g/mol. The van der Waals surface area contributed by atoms with Crippen LogP contribution < -0.4 is 5.73 Å². The third-order valence-corrected chi connectivity index (χ3v) is 9.44. The molecule has 0 amide bonds. The molecule has 0 aliphatic heterocycles. The lowest BCUT2D eigenvalue weighted by atomic mass is 10.0. The number of carbonyl (C=O) groups is 1. The van der Waals surface area contributed by atoms with Gasteiger partial charge in [-0.1, -0.05) is 148 Å². The average Bonchev–Trinajstić information content (AvgIpc) is 3.08. The molecule has 0 spiro atoms. The van der Waals surface area contributed by atoms with E-state index in [1.165, 1.54) is 135 Å². The summed E-state index contributed by atoms with van der Waals surface area (Å²) in [7, 11) is -4.26. The maximum atomic E-state index is 12.4. The zero-order valence-electron chi connectivity index (χ0n) is 31.2. The minimum absolute atomic E-state index is 0.0636. The second-order valence-corrected chi connectivity index (χ2v) is 14.7. The van der Waals surface area contributed by atoms with Crippen LogP contribution >= 0.6 is 7.82 Å². The van der Waals surface area contributed by atoms with E-state index >= 15 is 0 Å². The zero-order chi connectivity index (χ0) is 35.2. The van der Waals surface area contributed by atoms with Gasteiger partial charge in [0.2, 0.25) is 0 Å². The minimum Gasteiger partial charge on any atom is -0.492 e. The van der Waals surface area contributed by atoms with E-state index in [1.54, 1.807) is 6.26 Å². The summed E-state index contributed by atoms with van der Waals surface area (Å²) in [4.78, 5) is 22.2. The van der Waals surface area contributed by atoms with Gasteiger partial charge in [-0.15, -0.1) is 0 Å². The van der Waals surface area contributed by atoms with Crippen molar-refractivity contribution in [2.24, 2.45) is 5.73 Å². The number of phosphoric ester groups is 1. The molecule has 0 heterocycles. The molecule has 0 aliphatic rings. The molecule has 0 fully saturated rings. The Hall–Kier alpha value is -1.18. The first kappa shape index (κ1) is 46.8. The molecule has 0 saturated heterocycles. The highest BCUT2D eigenvalue weighted by Crippen LogP contribution is 2.43. The van der Waals surface area contributed by atoms with Crippen LogP contribution in [0.25, 0.3) is 0 Å². The number of phosphoric acid groups is 1. The molecule has 0 radical (unpaired) electrons. The van der Waals surface area contributed by atoms with Crippen molar-refractivity contribution in [1.82, 2.24) is 0 Å². The maximum absolute atomic E-state index is 12.4.